The minimum atomic E-state index is -0.145. The van der Waals surface area contributed by atoms with E-state index in [0.29, 0.717) is 0 Å². The molecule has 0 unspecified atom stereocenters. The Labute approximate surface area is 177 Å². The van der Waals surface area contributed by atoms with Crippen LogP contribution in [-0.2, 0) is 0 Å². The van der Waals surface area contributed by atoms with Gasteiger partial charge in [-0.05, 0) is 71.0 Å². The first-order valence-corrected chi connectivity index (χ1v) is 12.6. The lowest BCUT2D eigenvalue weighted by molar-refractivity contribution is 0.259. The van der Waals surface area contributed by atoms with Gasteiger partial charge in [0.2, 0.25) is 0 Å². The van der Waals surface area contributed by atoms with Gasteiger partial charge in [-0.25, -0.2) is 0 Å². The van der Waals surface area contributed by atoms with Gasteiger partial charge in [0.1, 0.15) is 0 Å². The monoisotopic (exact) mass is 395 g/mol. The Morgan fingerprint density at radius 3 is 1.61 bits per heavy atom. The molecule has 0 aromatic heterocycles. The van der Waals surface area contributed by atoms with Crippen molar-refractivity contribution in [1.29, 1.82) is 0 Å². The molecule has 0 saturated carbocycles. The number of rotatable bonds is 22. The lowest BCUT2D eigenvalue weighted by Gasteiger charge is -2.22. The van der Waals surface area contributed by atoms with E-state index in [1.165, 1.54) is 109 Å². The SMILES string of the molecule is CCCCCCCC/C=C\CCCCCCCCN(CCC)CCCC(N)N. The maximum Gasteiger partial charge on any atom is 0.0521 e. The fraction of sp³-hybridized carbons (Fsp3) is 0.920. The fourth-order valence-electron chi connectivity index (χ4n) is 3.79. The second-order valence-electron chi connectivity index (χ2n) is 8.59. The molecule has 0 spiro atoms. The Morgan fingerprint density at radius 2 is 1.07 bits per heavy atom. The van der Waals surface area contributed by atoms with Gasteiger partial charge in [-0.3, -0.25) is 0 Å². The highest BCUT2D eigenvalue weighted by Gasteiger charge is 2.04. The van der Waals surface area contributed by atoms with Crippen molar-refractivity contribution in [3.05, 3.63) is 12.2 Å². The molecule has 0 fully saturated rings. The zero-order chi connectivity index (χ0) is 20.7. The molecule has 0 bridgehead atoms. The van der Waals surface area contributed by atoms with E-state index in [9.17, 15) is 0 Å². The minimum absolute atomic E-state index is 0.145. The number of unbranched alkanes of at least 4 members (excludes halogenated alkanes) is 12. The van der Waals surface area contributed by atoms with Crippen molar-refractivity contribution in [2.75, 3.05) is 19.6 Å². The average Bonchev–Trinajstić information content (AvgIpc) is 2.67. The smallest absolute Gasteiger partial charge is 0.0521 e. The predicted molar refractivity (Wildman–Crippen MR) is 128 cm³/mol. The van der Waals surface area contributed by atoms with Crippen molar-refractivity contribution in [2.45, 2.75) is 129 Å². The topological polar surface area (TPSA) is 55.3 Å². The lowest BCUT2D eigenvalue weighted by Crippen LogP contribution is -2.33. The summed E-state index contributed by atoms with van der Waals surface area (Å²) in [5, 5.41) is 0. The zero-order valence-electron chi connectivity index (χ0n) is 19.5. The van der Waals surface area contributed by atoms with Crippen LogP contribution in [0, 0.1) is 0 Å². The van der Waals surface area contributed by atoms with E-state index in [1.807, 2.05) is 0 Å². The van der Waals surface area contributed by atoms with Gasteiger partial charge in [0.25, 0.3) is 0 Å². The molecule has 0 atom stereocenters. The third-order valence-corrected chi connectivity index (χ3v) is 5.54. The maximum absolute atomic E-state index is 5.65. The van der Waals surface area contributed by atoms with Gasteiger partial charge in [-0.15, -0.1) is 0 Å². The molecule has 0 aliphatic carbocycles. The highest BCUT2D eigenvalue weighted by atomic mass is 15.1. The molecule has 28 heavy (non-hydrogen) atoms. The predicted octanol–water partition coefficient (Wildman–Crippen LogP) is 6.76. The van der Waals surface area contributed by atoms with Gasteiger partial charge < -0.3 is 16.4 Å². The van der Waals surface area contributed by atoms with Gasteiger partial charge in [0.15, 0.2) is 0 Å². The summed E-state index contributed by atoms with van der Waals surface area (Å²) in [5.41, 5.74) is 11.3. The largest absolute Gasteiger partial charge is 0.316 e. The molecule has 0 heterocycles. The first kappa shape index (κ1) is 27.6. The van der Waals surface area contributed by atoms with Crippen molar-refractivity contribution in [3.63, 3.8) is 0 Å². The fourth-order valence-corrected chi connectivity index (χ4v) is 3.79. The van der Waals surface area contributed by atoms with Crippen LogP contribution in [0.1, 0.15) is 123 Å². The quantitative estimate of drug-likeness (QED) is 0.121. The average molecular weight is 396 g/mol. The Morgan fingerprint density at radius 1 is 0.571 bits per heavy atom. The molecule has 0 rings (SSSR count). The van der Waals surface area contributed by atoms with Crippen LogP contribution in [0.4, 0.5) is 0 Å². The van der Waals surface area contributed by atoms with Crippen LogP contribution in [-0.4, -0.2) is 30.7 Å². The molecule has 168 valence electrons. The van der Waals surface area contributed by atoms with Gasteiger partial charge in [-0.2, -0.15) is 0 Å². The zero-order valence-corrected chi connectivity index (χ0v) is 19.5. The third kappa shape index (κ3) is 21.9. The van der Waals surface area contributed by atoms with Crippen molar-refractivity contribution in [3.8, 4) is 0 Å². The molecular weight excluding hydrogens is 342 g/mol. The Bertz CT molecular complexity index is 315. The van der Waals surface area contributed by atoms with Crippen LogP contribution < -0.4 is 11.5 Å². The molecule has 0 amide bonds. The summed E-state index contributed by atoms with van der Waals surface area (Å²) in [6.07, 6.45) is 27.3. The van der Waals surface area contributed by atoms with Crippen molar-refractivity contribution >= 4 is 0 Å². The van der Waals surface area contributed by atoms with Crippen LogP contribution in [0.25, 0.3) is 0 Å². The van der Waals surface area contributed by atoms with Crippen molar-refractivity contribution in [1.82, 2.24) is 4.90 Å². The third-order valence-electron chi connectivity index (χ3n) is 5.54. The van der Waals surface area contributed by atoms with E-state index in [1.54, 1.807) is 0 Å². The van der Waals surface area contributed by atoms with Crippen LogP contribution in [0.15, 0.2) is 12.2 Å². The van der Waals surface area contributed by atoms with Gasteiger partial charge in [0, 0.05) is 0 Å². The summed E-state index contributed by atoms with van der Waals surface area (Å²) < 4.78 is 0. The minimum Gasteiger partial charge on any atom is -0.316 e. The van der Waals surface area contributed by atoms with E-state index in [2.05, 4.69) is 30.9 Å². The number of nitrogens with two attached hydrogens (primary N) is 2. The number of hydrogen-bond donors (Lipinski definition) is 2. The highest BCUT2D eigenvalue weighted by Crippen LogP contribution is 2.10. The van der Waals surface area contributed by atoms with E-state index < -0.39 is 0 Å². The molecular formula is C25H53N3. The Kier molecular flexibility index (Phi) is 22.6. The summed E-state index contributed by atoms with van der Waals surface area (Å²) >= 11 is 0. The first-order valence-electron chi connectivity index (χ1n) is 12.6. The summed E-state index contributed by atoms with van der Waals surface area (Å²) in [6, 6.07) is 0. The summed E-state index contributed by atoms with van der Waals surface area (Å²) in [5.74, 6) is 0. The van der Waals surface area contributed by atoms with Crippen LogP contribution in [0.2, 0.25) is 0 Å². The molecule has 0 aromatic carbocycles. The Hall–Kier alpha value is -0.380. The standard InChI is InChI=1S/C25H53N3/c1-3-5-6-7-8-9-10-11-12-13-14-15-16-17-18-19-23-28(22-4-2)24-20-21-25(26)27/h11-12,25H,3-10,13-24,26-27H2,1-2H3/b12-11-. The summed E-state index contributed by atoms with van der Waals surface area (Å²) in [6.45, 7) is 8.17. The summed E-state index contributed by atoms with van der Waals surface area (Å²) in [7, 11) is 0. The molecule has 0 aliphatic heterocycles. The first-order chi connectivity index (χ1) is 13.7. The molecule has 3 heteroatoms. The molecule has 0 aromatic rings. The van der Waals surface area contributed by atoms with Crippen molar-refractivity contribution < 1.29 is 0 Å². The summed E-state index contributed by atoms with van der Waals surface area (Å²) in [4.78, 5) is 2.59. The van der Waals surface area contributed by atoms with Gasteiger partial charge in [0.05, 0.1) is 6.17 Å². The maximum atomic E-state index is 5.65. The van der Waals surface area contributed by atoms with Crippen LogP contribution in [0.5, 0.6) is 0 Å². The van der Waals surface area contributed by atoms with Gasteiger partial charge >= 0.3 is 0 Å². The van der Waals surface area contributed by atoms with Crippen LogP contribution >= 0.6 is 0 Å². The molecule has 0 aliphatic rings. The normalized spacial score (nSPS) is 12.1. The second-order valence-corrected chi connectivity index (χ2v) is 8.59. The van der Waals surface area contributed by atoms with E-state index in [-0.39, 0.29) is 6.17 Å². The molecule has 0 saturated heterocycles. The van der Waals surface area contributed by atoms with Gasteiger partial charge in [-0.1, -0.05) is 83.8 Å². The van der Waals surface area contributed by atoms with Crippen molar-refractivity contribution in [2.24, 2.45) is 11.5 Å². The Balaban J connectivity index is 3.37. The molecule has 3 nitrogen and oxygen atoms in total. The van der Waals surface area contributed by atoms with Crippen LogP contribution in [0.3, 0.4) is 0 Å². The van der Waals surface area contributed by atoms with E-state index >= 15 is 0 Å². The number of hydrogen-bond acceptors (Lipinski definition) is 3. The highest BCUT2D eigenvalue weighted by molar-refractivity contribution is 4.81. The van der Waals surface area contributed by atoms with E-state index in [4.69, 9.17) is 11.5 Å². The molecule has 4 N–H and O–H groups in total. The number of allylic oxidation sites excluding steroid dienone is 2. The lowest BCUT2D eigenvalue weighted by atomic mass is 10.1. The second kappa shape index (κ2) is 22.9. The van der Waals surface area contributed by atoms with E-state index in [0.717, 1.165) is 19.4 Å². The number of nitrogens with zero attached hydrogens (tertiary/aromatic N) is 1. The molecule has 0 radical (unpaired) electrons.